The number of nitrogens with zero attached hydrogens (tertiary/aromatic N) is 2. The number of methoxy groups -OCH3 is 1. The van der Waals surface area contributed by atoms with Crippen molar-refractivity contribution < 1.29 is 9.53 Å². The molecule has 2 saturated heterocycles. The maximum atomic E-state index is 12.5. The zero-order valence-corrected chi connectivity index (χ0v) is 12.5. The van der Waals surface area contributed by atoms with E-state index >= 15 is 0 Å². The number of para-hydroxylation sites is 1. The van der Waals surface area contributed by atoms with Gasteiger partial charge in [-0.2, -0.15) is 0 Å². The molecule has 0 spiro atoms. The zero-order valence-electron chi connectivity index (χ0n) is 12.5. The van der Waals surface area contributed by atoms with Gasteiger partial charge in [0.05, 0.1) is 12.1 Å². The Labute approximate surface area is 125 Å². The van der Waals surface area contributed by atoms with Crippen LogP contribution in [0, 0.1) is 0 Å². The molecule has 1 N–H and O–H groups in total. The predicted octanol–water partition coefficient (Wildman–Crippen LogP) is 0.712. The normalized spacial score (nSPS) is 26.1. The fraction of sp³-hybridized carbons (Fsp3) is 0.562. The zero-order chi connectivity index (χ0) is 14.7. The van der Waals surface area contributed by atoms with E-state index in [0.29, 0.717) is 0 Å². The summed E-state index contributed by atoms with van der Waals surface area (Å²) in [5.74, 6) is 0.224. The Morgan fingerprint density at radius 3 is 2.52 bits per heavy atom. The molecule has 1 aromatic carbocycles. The molecule has 114 valence electrons. The van der Waals surface area contributed by atoms with Crippen molar-refractivity contribution in [2.45, 2.75) is 18.6 Å². The summed E-state index contributed by atoms with van der Waals surface area (Å²) in [5.41, 5.74) is 1.24. The highest BCUT2D eigenvalue weighted by Gasteiger charge is 2.33. The number of rotatable bonds is 3. The fourth-order valence-electron chi connectivity index (χ4n) is 3.12. The summed E-state index contributed by atoms with van der Waals surface area (Å²) in [7, 11) is 1.71. The van der Waals surface area contributed by atoms with Gasteiger partial charge in [0.15, 0.2) is 0 Å². The highest BCUT2D eigenvalue weighted by molar-refractivity contribution is 5.82. The number of carbonyl (C=O) groups excluding carboxylic acids is 1. The van der Waals surface area contributed by atoms with Gasteiger partial charge < -0.3 is 19.9 Å². The van der Waals surface area contributed by atoms with Gasteiger partial charge in [-0.05, 0) is 18.6 Å². The van der Waals surface area contributed by atoms with Gasteiger partial charge in [-0.25, -0.2) is 0 Å². The van der Waals surface area contributed by atoms with Crippen molar-refractivity contribution in [1.29, 1.82) is 0 Å². The minimum absolute atomic E-state index is 0.0711. The summed E-state index contributed by atoms with van der Waals surface area (Å²) >= 11 is 0. The van der Waals surface area contributed by atoms with Gasteiger partial charge in [-0.1, -0.05) is 18.2 Å². The third-order valence-corrected chi connectivity index (χ3v) is 4.43. The molecule has 5 heteroatoms. The largest absolute Gasteiger partial charge is 0.380 e. The Bertz CT molecular complexity index is 472. The third kappa shape index (κ3) is 3.19. The molecular formula is C16H23N3O2. The Kier molecular flexibility index (Phi) is 4.41. The van der Waals surface area contributed by atoms with Gasteiger partial charge >= 0.3 is 0 Å². The Morgan fingerprint density at radius 2 is 1.90 bits per heavy atom. The maximum absolute atomic E-state index is 12.5. The van der Waals surface area contributed by atoms with Crippen molar-refractivity contribution in [3.8, 4) is 0 Å². The number of carbonyl (C=O) groups is 1. The number of piperazine rings is 1. The van der Waals surface area contributed by atoms with E-state index < -0.39 is 0 Å². The minimum atomic E-state index is -0.0711. The monoisotopic (exact) mass is 289 g/mol. The van der Waals surface area contributed by atoms with Gasteiger partial charge in [-0.15, -0.1) is 0 Å². The van der Waals surface area contributed by atoms with E-state index in [1.165, 1.54) is 5.69 Å². The van der Waals surface area contributed by atoms with Crippen LogP contribution in [0.1, 0.15) is 6.42 Å². The van der Waals surface area contributed by atoms with Crippen LogP contribution in [0.3, 0.4) is 0 Å². The summed E-state index contributed by atoms with van der Waals surface area (Å²) in [6.07, 6.45) is 0.957. The van der Waals surface area contributed by atoms with E-state index in [1.807, 2.05) is 11.0 Å². The summed E-state index contributed by atoms with van der Waals surface area (Å²) in [4.78, 5) is 16.8. The molecule has 2 fully saturated rings. The quantitative estimate of drug-likeness (QED) is 0.890. The summed E-state index contributed by atoms with van der Waals surface area (Å²) in [6.45, 7) is 4.16. The van der Waals surface area contributed by atoms with Crippen LogP contribution in [0.25, 0.3) is 0 Å². The molecule has 2 heterocycles. The first-order valence-electron chi connectivity index (χ1n) is 7.63. The molecule has 21 heavy (non-hydrogen) atoms. The smallest absolute Gasteiger partial charge is 0.239 e. The molecule has 0 radical (unpaired) electrons. The van der Waals surface area contributed by atoms with Gasteiger partial charge in [-0.3, -0.25) is 4.79 Å². The van der Waals surface area contributed by atoms with Crippen molar-refractivity contribution in [3.05, 3.63) is 30.3 Å². The molecule has 2 atom stereocenters. The molecule has 2 unspecified atom stereocenters. The topological polar surface area (TPSA) is 44.8 Å². The molecule has 0 aliphatic carbocycles. The highest BCUT2D eigenvalue weighted by atomic mass is 16.5. The van der Waals surface area contributed by atoms with E-state index in [0.717, 1.165) is 39.1 Å². The molecule has 1 aromatic rings. The average Bonchev–Trinajstić information content (AvgIpc) is 3.04. The second-order valence-corrected chi connectivity index (χ2v) is 5.70. The maximum Gasteiger partial charge on any atom is 0.239 e. The lowest BCUT2D eigenvalue weighted by molar-refractivity contribution is -0.133. The first kappa shape index (κ1) is 14.4. The number of hydrogen-bond donors (Lipinski definition) is 1. The van der Waals surface area contributed by atoms with Crippen LogP contribution >= 0.6 is 0 Å². The lowest BCUT2D eigenvalue weighted by atomic mass is 10.1. The van der Waals surface area contributed by atoms with Crippen molar-refractivity contribution in [2.75, 3.05) is 44.7 Å². The Balaban J connectivity index is 1.53. The molecule has 2 aliphatic heterocycles. The number of ether oxygens (including phenoxy) is 1. The lowest BCUT2D eigenvalue weighted by Gasteiger charge is -2.37. The van der Waals surface area contributed by atoms with Crippen molar-refractivity contribution in [2.24, 2.45) is 0 Å². The van der Waals surface area contributed by atoms with E-state index in [9.17, 15) is 4.79 Å². The van der Waals surface area contributed by atoms with Gasteiger partial charge in [0.1, 0.15) is 0 Å². The van der Waals surface area contributed by atoms with E-state index in [4.69, 9.17) is 4.74 Å². The second-order valence-electron chi connectivity index (χ2n) is 5.70. The molecule has 3 rings (SSSR count). The van der Waals surface area contributed by atoms with Crippen molar-refractivity contribution in [3.63, 3.8) is 0 Å². The first-order valence-corrected chi connectivity index (χ1v) is 7.63. The van der Waals surface area contributed by atoms with Crippen LogP contribution in [0.4, 0.5) is 5.69 Å². The molecule has 5 nitrogen and oxygen atoms in total. The van der Waals surface area contributed by atoms with Crippen LogP contribution in [-0.4, -0.2) is 62.8 Å². The third-order valence-electron chi connectivity index (χ3n) is 4.43. The standard InChI is InChI=1S/C16H23N3O2/c1-21-14-11-15(17-12-14)16(20)19-9-7-18(8-10-19)13-5-3-2-4-6-13/h2-6,14-15,17H,7-12H2,1H3. The Hall–Kier alpha value is -1.59. The summed E-state index contributed by atoms with van der Waals surface area (Å²) in [6, 6.07) is 10.3. The van der Waals surface area contributed by atoms with Gasteiger partial charge in [0.25, 0.3) is 0 Å². The van der Waals surface area contributed by atoms with Crippen LogP contribution < -0.4 is 10.2 Å². The highest BCUT2D eigenvalue weighted by Crippen LogP contribution is 2.17. The van der Waals surface area contributed by atoms with E-state index in [2.05, 4.69) is 34.5 Å². The van der Waals surface area contributed by atoms with Gasteiger partial charge in [0, 0.05) is 45.5 Å². The molecule has 0 bridgehead atoms. The molecule has 0 aromatic heterocycles. The van der Waals surface area contributed by atoms with Crippen LogP contribution in [0.15, 0.2) is 30.3 Å². The molecule has 2 aliphatic rings. The number of benzene rings is 1. The number of anilines is 1. The first-order chi connectivity index (χ1) is 10.3. The number of amides is 1. The van der Waals surface area contributed by atoms with Crippen LogP contribution in [0.2, 0.25) is 0 Å². The lowest BCUT2D eigenvalue weighted by Crippen LogP contribution is -2.53. The van der Waals surface area contributed by atoms with Gasteiger partial charge in [0.2, 0.25) is 5.91 Å². The summed E-state index contributed by atoms with van der Waals surface area (Å²) < 4.78 is 5.31. The van der Waals surface area contributed by atoms with Crippen LogP contribution in [-0.2, 0) is 9.53 Å². The SMILES string of the molecule is COC1CNC(C(=O)N2CCN(c3ccccc3)CC2)C1. The number of hydrogen-bond acceptors (Lipinski definition) is 4. The predicted molar refractivity (Wildman–Crippen MR) is 82.4 cm³/mol. The molecule has 0 saturated carbocycles. The second kappa shape index (κ2) is 6.45. The van der Waals surface area contributed by atoms with Crippen molar-refractivity contribution in [1.82, 2.24) is 10.2 Å². The van der Waals surface area contributed by atoms with E-state index in [1.54, 1.807) is 7.11 Å². The fourth-order valence-corrected chi connectivity index (χ4v) is 3.12. The molecule has 1 amide bonds. The summed E-state index contributed by atoms with van der Waals surface area (Å²) in [5, 5.41) is 3.27. The average molecular weight is 289 g/mol. The Morgan fingerprint density at radius 1 is 1.19 bits per heavy atom. The molecular weight excluding hydrogens is 266 g/mol. The van der Waals surface area contributed by atoms with E-state index in [-0.39, 0.29) is 18.1 Å². The van der Waals surface area contributed by atoms with Crippen LogP contribution in [0.5, 0.6) is 0 Å². The van der Waals surface area contributed by atoms with Crippen molar-refractivity contribution >= 4 is 11.6 Å². The minimum Gasteiger partial charge on any atom is -0.380 e. The number of nitrogens with one attached hydrogen (secondary N) is 1.